The lowest BCUT2D eigenvalue weighted by Crippen LogP contribution is -2.56. The van der Waals surface area contributed by atoms with Gasteiger partial charge in [-0.2, -0.15) is 4.31 Å². The molecule has 0 unspecified atom stereocenters. The molecule has 1 N–H and O–H groups in total. The van der Waals surface area contributed by atoms with Gasteiger partial charge in [0.15, 0.2) is 0 Å². The molecule has 28 heavy (non-hydrogen) atoms. The highest BCUT2D eigenvalue weighted by molar-refractivity contribution is 7.88. The minimum absolute atomic E-state index is 0.0186. The number of pyridine rings is 1. The van der Waals surface area contributed by atoms with Crippen LogP contribution >= 0.6 is 11.6 Å². The van der Waals surface area contributed by atoms with Crippen LogP contribution in [0.5, 0.6) is 0 Å². The number of carbonyl (C=O) groups excluding carboxylic acids is 1. The number of amides is 1. The molecule has 2 aromatic rings. The van der Waals surface area contributed by atoms with Gasteiger partial charge in [0.05, 0.1) is 41.6 Å². The summed E-state index contributed by atoms with van der Waals surface area (Å²) >= 11 is 6.14. The Balaban J connectivity index is 1.58. The summed E-state index contributed by atoms with van der Waals surface area (Å²) in [5.41, 5.74) is 2.36. The Labute approximate surface area is 169 Å². The second-order valence-electron chi connectivity index (χ2n) is 7.74. The van der Waals surface area contributed by atoms with E-state index < -0.39 is 15.6 Å². The van der Waals surface area contributed by atoms with Crippen molar-refractivity contribution in [2.24, 2.45) is 0 Å². The molecule has 0 spiro atoms. The third-order valence-corrected chi connectivity index (χ3v) is 6.77. The molecule has 9 heteroatoms. The molecule has 0 atom stereocenters. The fourth-order valence-corrected chi connectivity index (χ4v) is 4.88. The number of hydrogen-bond donors (Lipinski definition) is 1. The van der Waals surface area contributed by atoms with Gasteiger partial charge in [-0.3, -0.25) is 14.7 Å². The zero-order valence-corrected chi connectivity index (χ0v) is 17.4. The molecule has 2 aliphatic rings. The molecule has 1 aromatic heterocycles. The lowest BCUT2D eigenvalue weighted by Gasteiger charge is -2.38. The number of aromatic nitrogens is 1. The molecule has 4 rings (SSSR count). The van der Waals surface area contributed by atoms with Crippen molar-refractivity contribution >= 4 is 38.9 Å². The van der Waals surface area contributed by atoms with Crippen LogP contribution in [0.4, 0.5) is 11.4 Å². The van der Waals surface area contributed by atoms with Crippen LogP contribution in [0.1, 0.15) is 29.8 Å². The van der Waals surface area contributed by atoms with Crippen molar-refractivity contribution in [1.29, 1.82) is 0 Å². The van der Waals surface area contributed by atoms with Crippen LogP contribution in [0.3, 0.4) is 0 Å². The van der Waals surface area contributed by atoms with E-state index >= 15 is 0 Å². The highest BCUT2D eigenvalue weighted by atomic mass is 35.5. The highest BCUT2D eigenvalue weighted by Crippen LogP contribution is 2.43. The second kappa shape index (κ2) is 6.43. The molecule has 1 amide bonds. The number of fused-ring (bicyclic) bond motifs is 1. The number of halogens is 1. The fraction of sp³-hybridized carbons (Fsp3) is 0.368. The Morgan fingerprint density at radius 2 is 1.93 bits per heavy atom. The van der Waals surface area contributed by atoms with Gasteiger partial charge in [-0.05, 0) is 43.7 Å². The van der Waals surface area contributed by atoms with Crippen LogP contribution in [-0.4, -0.2) is 49.0 Å². The average molecular weight is 421 g/mol. The van der Waals surface area contributed by atoms with Gasteiger partial charge in [-0.25, -0.2) is 8.42 Å². The quantitative estimate of drug-likeness (QED) is 0.822. The second-order valence-corrected chi connectivity index (χ2v) is 10.2. The summed E-state index contributed by atoms with van der Waals surface area (Å²) in [6.07, 6.45) is 4.53. The van der Waals surface area contributed by atoms with E-state index in [9.17, 15) is 13.2 Å². The van der Waals surface area contributed by atoms with Gasteiger partial charge >= 0.3 is 0 Å². The van der Waals surface area contributed by atoms with Gasteiger partial charge in [0, 0.05) is 23.7 Å². The van der Waals surface area contributed by atoms with E-state index in [1.807, 2.05) is 26.0 Å². The molecular weight excluding hydrogens is 400 g/mol. The minimum Gasteiger partial charge on any atom is -0.378 e. The maximum Gasteiger partial charge on any atom is 0.259 e. The molecule has 1 aromatic carbocycles. The molecule has 3 heterocycles. The van der Waals surface area contributed by atoms with Crippen molar-refractivity contribution in [2.45, 2.75) is 25.4 Å². The molecule has 1 fully saturated rings. The van der Waals surface area contributed by atoms with Crippen molar-refractivity contribution < 1.29 is 13.2 Å². The van der Waals surface area contributed by atoms with Crippen LogP contribution in [0.25, 0.3) is 0 Å². The molecule has 0 aliphatic carbocycles. The Hall–Kier alpha value is -2.16. The summed E-state index contributed by atoms with van der Waals surface area (Å²) in [5, 5.41) is 3.88. The number of hydrogen-bond acceptors (Lipinski definition) is 5. The topological polar surface area (TPSA) is 82.6 Å². The number of rotatable bonds is 4. The van der Waals surface area contributed by atoms with Crippen LogP contribution in [0.2, 0.25) is 5.02 Å². The number of nitrogens with zero attached hydrogens (tertiary/aromatic N) is 3. The molecule has 0 saturated carbocycles. The third-order valence-electron chi connectivity index (χ3n) is 5.30. The van der Waals surface area contributed by atoms with Gasteiger partial charge in [-0.1, -0.05) is 11.6 Å². The lowest BCUT2D eigenvalue weighted by atomic mass is 9.93. The zero-order valence-electron chi connectivity index (χ0n) is 15.8. The number of carbonyl (C=O) groups is 1. The van der Waals surface area contributed by atoms with E-state index in [0.717, 1.165) is 11.3 Å². The Bertz CT molecular complexity index is 1060. The largest absolute Gasteiger partial charge is 0.378 e. The Morgan fingerprint density at radius 3 is 2.61 bits per heavy atom. The van der Waals surface area contributed by atoms with Crippen LogP contribution < -0.4 is 10.2 Å². The molecule has 2 aliphatic heterocycles. The normalized spacial score (nSPS) is 19.4. The number of sulfonamides is 1. The number of anilines is 2. The third kappa shape index (κ3) is 3.15. The molecule has 1 saturated heterocycles. The first-order chi connectivity index (χ1) is 13.1. The first-order valence-corrected chi connectivity index (χ1v) is 11.1. The van der Waals surface area contributed by atoms with E-state index in [0.29, 0.717) is 29.4 Å². The SMILES string of the molecule is CC1(C)c2cc(Cl)ccc2C(=O)N1c1cncc(NC2CN(S(C)(=O)=O)C2)c1. The van der Waals surface area contributed by atoms with E-state index in [4.69, 9.17) is 11.6 Å². The number of nitrogens with one attached hydrogen (secondary N) is 1. The van der Waals surface area contributed by atoms with Crippen molar-refractivity contribution in [1.82, 2.24) is 9.29 Å². The summed E-state index contributed by atoms with van der Waals surface area (Å²) in [6, 6.07) is 7.19. The smallest absolute Gasteiger partial charge is 0.259 e. The summed E-state index contributed by atoms with van der Waals surface area (Å²) in [7, 11) is -3.16. The number of benzene rings is 1. The summed E-state index contributed by atoms with van der Waals surface area (Å²) in [5.74, 6) is -0.0949. The van der Waals surface area contributed by atoms with E-state index in [1.165, 1.54) is 10.6 Å². The molecule has 148 valence electrons. The molecule has 7 nitrogen and oxygen atoms in total. The summed E-state index contributed by atoms with van der Waals surface area (Å²) in [4.78, 5) is 19.0. The first kappa shape index (κ1) is 19.2. The Morgan fingerprint density at radius 1 is 1.21 bits per heavy atom. The van der Waals surface area contributed by atoms with Crippen LogP contribution in [-0.2, 0) is 15.6 Å². The van der Waals surface area contributed by atoms with Gasteiger partial charge in [0.25, 0.3) is 5.91 Å². The zero-order chi connectivity index (χ0) is 20.3. The predicted octanol–water partition coefficient (Wildman–Crippen LogP) is 2.69. The van der Waals surface area contributed by atoms with Crippen molar-refractivity contribution in [3.05, 3.63) is 52.8 Å². The van der Waals surface area contributed by atoms with Crippen molar-refractivity contribution in [2.75, 3.05) is 29.6 Å². The molecule has 0 radical (unpaired) electrons. The monoisotopic (exact) mass is 420 g/mol. The fourth-order valence-electron chi connectivity index (χ4n) is 3.81. The summed E-state index contributed by atoms with van der Waals surface area (Å²) in [6.45, 7) is 4.79. The summed E-state index contributed by atoms with van der Waals surface area (Å²) < 4.78 is 24.4. The van der Waals surface area contributed by atoms with Crippen LogP contribution in [0, 0.1) is 0 Å². The lowest BCUT2D eigenvalue weighted by molar-refractivity contribution is 0.0982. The first-order valence-electron chi connectivity index (χ1n) is 8.88. The van der Waals surface area contributed by atoms with Crippen molar-refractivity contribution in [3.8, 4) is 0 Å². The standard InChI is InChI=1S/C19H21ClN4O3S/c1-19(2)17-6-12(20)4-5-16(17)18(25)24(19)15-7-13(8-21-9-15)22-14-10-23(11-14)28(3,26)27/h4-9,14,22H,10-11H2,1-3H3. The van der Waals surface area contributed by atoms with Gasteiger partial charge in [0.1, 0.15) is 0 Å². The van der Waals surface area contributed by atoms with Gasteiger partial charge < -0.3 is 5.32 Å². The molecular formula is C19H21ClN4O3S. The predicted molar refractivity (Wildman–Crippen MR) is 109 cm³/mol. The highest BCUT2D eigenvalue weighted by Gasteiger charge is 2.44. The van der Waals surface area contributed by atoms with E-state index in [2.05, 4.69) is 10.3 Å². The van der Waals surface area contributed by atoms with E-state index in [1.54, 1.807) is 29.4 Å². The average Bonchev–Trinajstić information content (AvgIpc) is 2.75. The van der Waals surface area contributed by atoms with E-state index in [-0.39, 0.29) is 11.9 Å². The van der Waals surface area contributed by atoms with Crippen LogP contribution in [0.15, 0.2) is 36.7 Å². The maximum absolute atomic E-state index is 13.0. The Kier molecular flexibility index (Phi) is 4.41. The maximum atomic E-state index is 13.0. The van der Waals surface area contributed by atoms with Gasteiger partial charge in [0.2, 0.25) is 10.0 Å². The molecule has 0 bridgehead atoms. The van der Waals surface area contributed by atoms with Gasteiger partial charge in [-0.15, -0.1) is 0 Å². The van der Waals surface area contributed by atoms with Crippen molar-refractivity contribution in [3.63, 3.8) is 0 Å². The minimum atomic E-state index is -3.16.